The third kappa shape index (κ3) is 3.30. The standard InChI is InChI=1S/C20H21N3O3S/c1-14-8-9-18(26-2)19(11-14)27(24,25)22-16-6-3-5-15(12-16)17-13-21-20-7-4-10-23(17)20/h3,5-6,8-9,11-13,22H,4,7,10H2,1-2H3. The molecule has 0 saturated carbocycles. The van der Waals surface area contributed by atoms with Crippen molar-refractivity contribution in [2.24, 2.45) is 0 Å². The second kappa shape index (κ2) is 6.74. The van der Waals surface area contributed by atoms with E-state index in [0.717, 1.165) is 42.0 Å². The normalized spacial score (nSPS) is 13.4. The number of aryl methyl sites for hydroxylation is 2. The molecule has 27 heavy (non-hydrogen) atoms. The molecule has 0 amide bonds. The molecule has 1 N–H and O–H groups in total. The lowest BCUT2D eigenvalue weighted by atomic mass is 10.1. The van der Waals surface area contributed by atoms with E-state index in [4.69, 9.17) is 4.74 Å². The van der Waals surface area contributed by atoms with E-state index in [1.165, 1.54) is 7.11 Å². The van der Waals surface area contributed by atoms with Crippen LogP contribution in [-0.4, -0.2) is 25.1 Å². The summed E-state index contributed by atoms with van der Waals surface area (Å²) in [6, 6.07) is 12.5. The van der Waals surface area contributed by atoms with Crippen LogP contribution in [0.15, 0.2) is 53.6 Å². The van der Waals surface area contributed by atoms with Crippen molar-refractivity contribution in [2.45, 2.75) is 31.2 Å². The van der Waals surface area contributed by atoms with Gasteiger partial charge in [0.25, 0.3) is 10.0 Å². The SMILES string of the molecule is COc1ccc(C)cc1S(=O)(=O)Nc1cccc(-c2cnc3n2CCC3)c1. The van der Waals surface area contributed by atoms with E-state index in [1.807, 2.05) is 37.4 Å². The molecule has 0 aliphatic carbocycles. The van der Waals surface area contributed by atoms with Gasteiger partial charge in [0.1, 0.15) is 16.5 Å². The minimum Gasteiger partial charge on any atom is -0.495 e. The lowest BCUT2D eigenvalue weighted by molar-refractivity contribution is 0.402. The fourth-order valence-electron chi connectivity index (χ4n) is 3.43. The first kappa shape index (κ1) is 17.6. The summed E-state index contributed by atoms with van der Waals surface area (Å²) in [6.07, 6.45) is 3.93. The Labute approximate surface area is 158 Å². The number of benzene rings is 2. The van der Waals surface area contributed by atoms with Gasteiger partial charge in [0.15, 0.2) is 0 Å². The number of hydrogen-bond donors (Lipinski definition) is 1. The first-order valence-corrected chi connectivity index (χ1v) is 10.3. The maximum absolute atomic E-state index is 12.9. The van der Waals surface area contributed by atoms with Crippen molar-refractivity contribution >= 4 is 15.7 Å². The lowest BCUT2D eigenvalue weighted by Crippen LogP contribution is -2.14. The number of anilines is 1. The Bertz CT molecular complexity index is 1100. The van der Waals surface area contributed by atoms with Crippen LogP contribution in [0.2, 0.25) is 0 Å². The Hall–Kier alpha value is -2.80. The first-order valence-electron chi connectivity index (χ1n) is 8.80. The van der Waals surface area contributed by atoms with Crippen molar-refractivity contribution < 1.29 is 13.2 Å². The van der Waals surface area contributed by atoms with E-state index in [1.54, 1.807) is 18.2 Å². The van der Waals surface area contributed by atoms with Crippen molar-refractivity contribution in [2.75, 3.05) is 11.8 Å². The summed E-state index contributed by atoms with van der Waals surface area (Å²) in [5, 5.41) is 0. The summed E-state index contributed by atoms with van der Waals surface area (Å²) in [7, 11) is -2.31. The van der Waals surface area contributed by atoms with Gasteiger partial charge in [0.2, 0.25) is 0 Å². The minimum absolute atomic E-state index is 0.126. The topological polar surface area (TPSA) is 73.2 Å². The molecule has 0 saturated heterocycles. The zero-order chi connectivity index (χ0) is 19.0. The lowest BCUT2D eigenvalue weighted by Gasteiger charge is -2.13. The van der Waals surface area contributed by atoms with Crippen molar-refractivity contribution in [3.05, 3.63) is 60.0 Å². The van der Waals surface area contributed by atoms with Gasteiger partial charge in [-0.05, 0) is 43.2 Å². The van der Waals surface area contributed by atoms with E-state index in [-0.39, 0.29) is 4.90 Å². The molecule has 140 valence electrons. The Morgan fingerprint density at radius 1 is 1.19 bits per heavy atom. The number of hydrogen-bond acceptors (Lipinski definition) is 4. The number of nitrogens with zero attached hydrogens (tertiary/aromatic N) is 2. The number of methoxy groups -OCH3 is 1. The maximum Gasteiger partial charge on any atom is 0.265 e. The summed E-state index contributed by atoms with van der Waals surface area (Å²) in [6.45, 7) is 2.79. The van der Waals surface area contributed by atoms with Crippen LogP contribution in [0.3, 0.4) is 0 Å². The Morgan fingerprint density at radius 3 is 2.85 bits per heavy atom. The molecule has 6 nitrogen and oxygen atoms in total. The third-order valence-corrected chi connectivity index (χ3v) is 6.14. The van der Waals surface area contributed by atoms with Crippen molar-refractivity contribution in [3.63, 3.8) is 0 Å². The zero-order valence-corrected chi connectivity index (χ0v) is 16.1. The van der Waals surface area contributed by atoms with Gasteiger partial charge < -0.3 is 9.30 Å². The van der Waals surface area contributed by atoms with Crippen LogP contribution in [-0.2, 0) is 23.0 Å². The van der Waals surface area contributed by atoms with E-state index < -0.39 is 10.0 Å². The molecule has 1 aromatic heterocycles. The summed E-state index contributed by atoms with van der Waals surface area (Å²) >= 11 is 0. The molecule has 2 heterocycles. The van der Waals surface area contributed by atoms with Gasteiger partial charge >= 0.3 is 0 Å². The molecule has 1 aliphatic heterocycles. The number of ether oxygens (including phenoxy) is 1. The van der Waals surface area contributed by atoms with Gasteiger partial charge in [-0.1, -0.05) is 18.2 Å². The van der Waals surface area contributed by atoms with Crippen molar-refractivity contribution in [1.82, 2.24) is 9.55 Å². The molecule has 0 atom stereocenters. The van der Waals surface area contributed by atoms with Gasteiger partial charge in [0.05, 0.1) is 19.0 Å². The molecule has 0 spiro atoms. The maximum atomic E-state index is 12.9. The van der Waals surface area contributed by atoms with Gasteiger partial charge in [-0.3, -0.25) is 4.72 Å². The molecule has 0 radical (unpaired) electrons. The molecule has 2 aromatic carbocycles. The summed E-state index contributed by atoms with van der Waals surface area (Å²) < 4.78 is 35.9. The molecule has 0 unspecified atom stereocenters. The summed E-state index contributed by atoms with van der Waals surface area (Å²) in [4.78, 5) is 4.59. The average Bonchev–Trinajstić information content (AvgIpc) is 3.25. The summed E-state index contributed by atoms with van der Waals surface area (Å²) in [5.74, 6) is 1.40. The van der Waals surface area contributed by atoms with Crippen LogP contribution in [0.1, 0.15) is 17.8 Å². The zero-order valence-electron chi connectivity index (χ0n) is 15.3. The van der Waals surface area contributed by atoms with Crippen LogP contribution in [0.5, 0.6) is 5.75 Å². The minimum atomic E-state index is -3.77. The summed E-state index contributed by atoms with van der Waals surface area (Å²) in [5.41, 5.74) is 3.30. The van der Waals surface area contributed by atoms with E-state index in [2.05, 4.69) is 14.3 Å². The van der Waals surface area contributed by atoms with E-state index in [9.17, 15) is 8.42 Å². The Kier molecular flexibility index (Phi) is 4.39. The molecule has 0 fully saturated rings. The quantitative estimate of drug-likeness (QED) is 0.730. The van der Waals surface area contributed by atoms with Crippen molar-refractivity contribution in [1.29, 1.82) is 0 Å². The van der Waals surface area contributed by atoms with E-state index >= 15 is 0 Å². The van der Waals surface area contributed by atoms with Crippen LogP contribution in [0, 0.1) is 6.92 Å². The largest absolute Gasteiger partial charge is 0.495 e. The highest BCUT2D eigenvalue weighted by Crippen LogP contribution is 2.30. The highest BCUT2D eigenvalue weighted by molar-refractivity contribution is 7.92. The number of rotatable bonds is 5. The number of nitrogens with one attached hydrogen (secondary N) is 1. The fourth-order valence-corrected chi connectivity index (χ4v) is 4.74. The second-order valence-corrected chi connectivity index (χ2v) is 8.31. The van der Waals surface area contributed by atoms with E-state index in [0.29, 0.717) is 11.4 Å². The second-order valence-electron chi connectivity index (χ2n) is 6.66. The van der Waals surface area contributed by atoms with Crippen LogP contribution in [0.4, 0.5) is 5.69 Å². The van der Waals surface area contributed by atoms with Gasteiger partial charge in [-0.25, -0.2) is 13.4 Å². The molecule has 0 bridgehead atoms. The van der Waals surface area contributed by atoms with Gasteiger partial charge in [0, 0.05) is 24.2 Å². The predicted octanol–water partition coefficient (Wildman–Crippen LogP) is 3.61. The van der Waals surface area contributed by atoms with Gasteiger partial charge in [-0.15, -0.1) is 0 Å². The van der Waals surface area contributed by atoms with Crippen LogP contribution >= 0.6 is 0 Å². The third-order valence-electron chi connectivity index (χ3n) is 4.74. The van der Waals surface area contributed by atoms with Crippen LogP contribution in [0.25, 0.3) is 11.3 Å². The Morgan fingerprint density at radius 2 is 2.04 bits per heavy atom. The van der Waals surface area contributed by atoms with Gasteiger partial charge in [-0.2, -0.15) is 0 Å². The fraction of sp³-hybridized carbons (Fsp3) is 0.250. The molecule has 3 aromatic rings. The monoisotopic (exact) mass is 383 g/mol. The number of fused-ring (bicyclic) bond motifs is 1. The number of sulfonamides is 1. The Balaban J connectivity index is 1.68. The molecule has 7 heteroatoms. The number of aromatic nitrogens is 2. The molecular formula is C20H21N3O3S. The molecule has 1 aliphatic rings. The first-order chi connectivity index (χ1) is 13.0. The molecule has 4 rings (SSSR count). The average molecular weight is 383 g/mol. The van der Waals surface area contributed by atoms with Crippen LogP contribution < -0.4 is 9.46 Å². The predicted molar refractivity (Wildman–Crippen MR) is 105 cm³/mol. The smallest absolute Gasteiger partial charge is 0.265 e. The highest BCUT2D eigenvalue weighted by Gasteiger charge is 2.21. The van der Waals surface area contributed by atoms with Crippen molar-refractivity contribution in [3.8, 4) is 17.0 Å². The molecular weight excluding hydrogens is 362 g/mol. The highest BCUT2D eigenvalue weighted by atomic mass is 32.2. The number of imidazole rings is 1.